The quantitative estimate of drug-likeness (QED) is 0.315. The molecule has 6 nitrogen and oxygen atoms in total. The van der Waals surface area contributed by atoms with Crippen LogP contribution in [0.5, 0.6) is 0 Å². The van der Waals surface area contributed by atoms with Crippen LogP contribution < -0.4 is 0 Å². The van der Waals surface area contributed by atoms with Gasteiger partial charge in [0.2, 0.25) is 0 Å². The molecule has 1 N–H and O–H groups in total. The number of ketones is 1. The van der Waals surface area contributed by atoms with Crippen molar-refractivity contribution in [1.82, 2.24) is 4.90 Å². The van der Waals surface area contributed by atoms with Crippen molar-refractivity contribution in [2.45, 2.75) is 53.2 Å². The van der Waals surface area contributed by atoms with E-state index in [1.807, 2.05) is 39.8 Å². The maximum Gasteiger partial charge on any atom is 0.295 e. The van der Waals surface area contributed by atoms with Gasteiger partial charge in [-0.2, -0.15) is 0 Å². The molecular weight excluding hydrogens is 382 g/mol. The fourth-order valence-electron chi connectivity index (χ4n) is 3.60. The first kappa shape index (κ1) is 21.8. The van der Waals surface area contributed by atoms with Crippen LogP contribution in [0.4, 0.5) is 0 Å². The van der Waals surface area contributed by atoms with Gasteiger partial charge in [0.25, 0.3) is 11.7 Å². The Morgan fingerprint density at radius 1 is 1.13 bits per heavy atom. The highest BCUT2D eigenvalue weighted by atomic mass is 16.5. The highest BCUT2D eigenvalue weighted by molar-refractivity contribution is 6.46. The monoisotopic (exact) mass is 411 g/mol. The molecule has 1 aromatic heterocycles. The third-order valence-electron chi connectivity index (χ3n) is 5.35. The second-order valence-corrected chi connectivity index (χ2v) is 8.01. The van der Waals surface area contributed by atoms with Crippen LogP contribution in [-0.2, 0) is 14.3 Å². The molecule has 0 bridgehead atoms. The van der Waals surface area contributed by atoms with Gasteiger partial charge in [0.05, 0.1) is 11.7 Å². The summed E-state index contributed by atoms with van der Waals surface area (Å²) in [5.41, 5.74) is 2.63. The van der Waals surface area contributed by atoms with Crippen molar-refractivity contribution in [1.29, 1.82) is 0 Å². The third kappa shape index (κ3) is 4.33. The normalized spacial score (nSPS) is 18.6. The topological polar surface area (TPSA) is 80.0 Å². The van der Waals surface area contributed by atoms with Crippen LogP contribution in [0.15, 0.2) is 40.3 Å². The van der Waals surface area contributed by atoms with Crippen LogP contribution >= 0.6 is 0 Å². The van der Waals surface area contributed by atoms with Gasteiger partial charge >= 0.3 is 0 Å². The van der Waals surface area contributed by atoms with E-state index >= 15 is 0 Å². The summed E-state index contributed by atoms with van der Waals surface area (Å²) >= 11 is 0. The maximum atomic E-state index is 12.9. The fourth-order valence-corrected chi connectivity index (χ4v) is 3.60. The van der Waals surface area contributed by atoms with E-state index in [1.54, 1.807) is 25.1 Å². The van der Waals surface area contributed by atoms with E-state index in [0.29, 0.717) is 36.7 Å². The Morgan fingerprint density at radius 2 is 1.87 bits per heavy atom. The van der Waals surface area contributed by atoms with Crippen molar-refractivity contribution in [2.75, 3.05) is 13.2 Å². The van der Waals surface area contributed by atoms with Crippen LogP contribution in [-0.4, -0.2) is 41.0 Å². The number of Topliss-reactive ketones (excluding diaryl/α,β-unsaturated/α-hetero) is 1. The van der Waals surface area contributed by atoms with Crippen LogP contribution in [0.2, 0.25) is 0 Å². The molecule has 1 fully saturated rings. The minimum atomic E-state index is -0.764. The van der Waals surface area contributed by atoms with Gasteiger partial charge in [-0.15, -0.1) is 0 Å². The highest BCUT2D eigenvalue weighted by Gasteiger charge is 2.47. The fraction of sp³-hybridized carbons (Fsp3) is 0.417. The SMILES string of the molecule is Cc1ccc(C2/C(=C(/O)c3ccc(C)c(C)c3)C(=O)C(=O)N2CCCOC(C)C)o1. The van der Waals surface area contributed by atoms with E-state index in [0.717, 1.165) is 11.1 Å². The number of aryl methyl sites for hydroxylation is 3. The molecule has 0 spiro atoms. The zero-order valence-electron chi connectivity index (χ0n) is 18.2. The molecule has 0 saturated carbocycles. The van der Waals surface area contributed by atoms with E-state index in [1.165, 1.54) is 4.90 Å². The van der Waals surface area contributed by atoms with Crippen molar-refractivity contribution >= 4 is 17.4 Å². The van der Waals surface area contributed by atoms with Crippen LogP contribution in [0.25, 0.3) is 5.76 Å². The van der Waals surface area contributed by atoms with Gasteiger partial charge in [-0.1, -0.05) is 12.1 Å². The summed E-state index contributed by atoms with van der Waals surface area (Å²) in [4.78, 5) is 27.2. The smallest absolute Gasteiger partial charge is 0.295 e. The second-order valence-electron chi connectivity index (χ2n) is 8.01. The lowest BCUT2D eigenvalue weighted by Gasteiger charge is -2.23. The van der Waals surface area contributed by atoms with Crippen molar-refractivity contribution in [2.24, 2.45) is 0 Å². The van der Waals surface area contributed by atoms with Crippen LogP contribution in [0.3, 0.4) is 0 Å². The summed E-state index contributed by atoms with van der Waals surface area (Å²) in [6, 6.07) is 8.23. The number of benzene rings is 1. The number of nitrogens with zero attached hydrogens (tertiary/aromatic N) is 1. The number of likely N-dealkylation sites (tertiary alicyclic amines) is 1. The summed E-state index contributed by atoms with van der Waals surface area (Å²) in [7, 11) is 0. The first-order chi connectivity index (χ1) is 14.2. The Hall–Kier alpha value is -2.86. The number of hydrogen-bond acceptors (Lipinski definition) is 5. The van der Waals surface area contributed by atoms with Crippen molar-refractivity contribution in [3.63, 3.8) is 0 Å². The number of hydrogen-bond donors (Lipinski definition) is 1. The Morgan fingerprint density at radius 3 is 2.47 bits per heavy atom. The van der Waals surface area contributed by atoms with E-state index in [-0.39, 0.29) is 17.4 Å². The van der Waals surface area contributed by atoms with E-state index in [2.05, 4.69) is 0 Å². The Labute approximate surface area is 177 Å². The zero-order valence-corrected chi connectivity index (χ0v) is 18.2. The molecule has 6 heteroatoms. The molecule has 1 aliphatic heterocycles. The summed E-state index contributed by atoms with van der Waals surface area (Å²) in [6.07, 6.45) is 0.666. The summed E-state index contributed by atoms with van der Waals surface area (Å²) in [5.74, 6) is -0.387. The lowest BCUT2D eigenvalue weighted by molar-refractivity contribution is -0.140. The van der Waals surface area contributed by atoms with Gasteiger partial charge in [-0.25, -0.2) is 0 Å². The summed E-state index contributed by atoms with van der Waals surface area (Å²) in [6.45, 7) is 10.4. The molecule has 160 valence electrons. The molecule has 2 heterocycles. The highest BCUT2D eigenvalue weighted by Crippen LogP contribution is 2.40. The van der Waals surface area contributed by atoms with Crippen molar-refractivity contribution in [3.8, 4) is 0 Å². The maximum absolute atomic E-state index is 12.9. The van der Waals surface area contributed by atoms with Gasteiger partial charge in [0.1, 0.15) is 23.3 Å². The van der Waals surface area contributed by atoms with Gasteiger partial charge in [-0.05, 0) is 70.4 Å². The first-order valence-electron chi connectivity index (χ1n) is 10.2. The largest absolute Gasteiger partial charge is 0.507 e. The zero-order chi connectivity index (χ0) is 22.0. The van der Waals surface area contributed by atoms with E-state index in [9.17, 15) is 14.7 Å². The van der Waals surface area contributed by atoms with Crippen LogP contribution in [0.1, 0.15) is 54.5 Å². The Balaban J connectivity index is 2.02. The second kappa shape index (κ2) is 8.88. The Kier molecular flexibility index (Phi) is 6.46. The van der Waals surface area contributed by atoms with Crippen LogP contribution in [0, 0.1) is 20.8 Å². The molecule has 1 aromatic carbocycles. The number of rotatable bonds is 7. The number of amides is 1. The minimum Gasteiger partial charge on any atom is -0.507 e. The molecule has 1 aliphatic rings. The van der Waals surface area contributed by atoms with Gasteiger partial charge in [-0.3, -0.25) is 9.59 Å². The average Bonchev–Trinajstić information content (AvgIpc) is 3.22. The van der Waals surface area contributed by atoms with Gasteiger partial charge in [0.15, 0.2) is 0 Å². The predicted molar refractivity (Wildman–Crippen MR) is 114 cm³/mol. The molecule has 1 saturated heterocycles. The summed E-state index contributed by atoms with van der Waals surface area (Å²) < 4.78 is 11.3. The first-order valence-corrected chi connectivity index (χ1v) is 10.2. The molecule has 1 amide bonds. The molecule has 30 heavy (non-hydrogen) atoms. The predicted octanol–water partition coefficient (Wildman–Crippen LogP) is 4.44. The number of aliphatic hydroxyl groups excluding tert-OH is 1. The van der Waals surface area contributed by atoms with Crippen molar-refractivity contribution < 1.29 is 23.8 Å². The molecular formula is C24H29NO5. The Bertz CT molecular complexity index is 985. The number of ether oxygens (including phenoxy) is 1. The van der Waals surface area contributed by atoms with Gasteiger partial charge < -0.3 is 19.2 Å². The standard InChI is InChI=1S/C24H29NO5/c1-14(2)29-12-6-11-25-21(19-10-8-17(5)30-19)20(23(27)24(25)28)22(26)18-9-7-15(3)16(4)13-18/h7-10,13-14,21,26H,6,11-12H2,1-5H3/b22-20-. The molecule has 1 atom stereocenters. The number of furan rings is 1. The number of carbonyl (C=O) groups is 2. The van der Waals surface area contributed by atoms with E-state index < -0.39 is 17.7 Å². The lowest BCUT2D eigenvalue weighted by Crippen LogP contribution is -2.31. The van der Waals surface area contributed by atoms with E-state index in [4.69, 9.17) is 9.15 Å². The number of carbonyl (C=O) groups excluding carboxylic acids is 2. The molecule has 0 radical (unpaired) electrons. The average molecular weight is 411 g/mol. The van der Waals surface area contributed by atoms with Gasteiger partial charge in [0, 0.05) is 18.7 Å². The number of aliphatic hydroxyl groups is 1. The van der Waals surface area contributed by atoms with Crippen molar-refractivity contribution in [3.05, 3.63) is 64.1 Å². The lowest BCUT2D eigenvalue weighted by atomic mass is 9.97. The minimum absolute atomic E-state index is 0.0578. The molecule has 1 unspecified atom stereocenters. The molecule has 2 aromatic rings. The molecule has 0 aliphatic carbocycles. The molecule has 3 rings (SSSR count). The summed E-state index contributed by atoms with van der Waals surface area (Å²) in [5, 5.41) is 11.0. The third-order valence-corrected chi connectivity index (χ3v) is 5.35.